The largest absolute Gasteiger partial charge is 0.464 e. The van der Waals surface area contributed by atoms with Crippen molar-refractivity contribution in [3.05, 3.63) is 24.3 Å². The van der Waals surface area contributed by atoms with Crippen LogP contribution >= 0.6 is 12.2 Å². The molecule has 82 valence electrons. The summed E-state index contributed by atoms with van der Waals surface area (Å²) in [4.78, 5) is 14.2. The Labute approximate surface area is 95.4 Å². The van der Waals surface area contributed by atoms with Gasteiger partial charge in [0, 0.05) is 11.4 Å². The lowest BCUT2D eigenvalue weighted by Gasteiger charge is -2.15. The number of carbonyl (C=O) groups is 1. The predicted octanol–water partition coefficient (Wildman–Crippen LogP) is 1.20. The number of allylic oxidation sites excluding steroid dienone is 3. The Kier molecular flexibility index (Phi) is 4.65. The van der Waals surface area contributed by atoms with Crippen LogP contribution in [0.2, 0.25) is 0 Å². The number of carbonyl (C=O) groups excluding carboxylic acids is 1. The van der Waals surface area contributed by atoms with Crippen LogP contribution in [0.4, 0.5) is 0 Å². The van der Waals surface area contributed by atoms with Gasteiger partial charge in [0.15, 0.2) is 0 Å². The SMILES string of the molecule is CN(C)CCOC(=O)C1C=CC=CC1=S. The zero-order chi connectivity index (χ0) is 11.3. The standard InChI is InChI=1S/C11H15NO2S/c1-12(2)7-8-14-11(13)9-5-3-4-6-10(9)15/h3-6,9H,7-8H2,1-2H3. The summed E-state index contributed by atoms with van der Waals surface area (Å²) in [6.07, 6.45) is 7.16. The van der Waals surface area contributed by atoms with E-state index in [0.29, 0.717) is 11.5 Å². The highest BCUT2D eigenvalue weighted by Crippen LogP contribution is 2.11. The maximum Gasteiger partial charge on any atom is 0.318 e. The van der Waals surface area contributed by atoms with E-state index >= 15 is 0 Å². The number of likely N-dealkylation sites (N-methyl/N-ethyl adjacent to an activating group) is 1. The van der Waals surface area contributed by atoms with Crippen LogP contribution in [0.5, 0.6) is 0 Å². The predicted molar refractivity (Wildman–Crippen MR) is 63.9 cm³/mol. The van der Waals surface area contributed by atoms with Crippen molar-refractivity contribution in [1.82, 2.24) is 4.90 Å². The van der Waals surface area contributed by atoms with E-state index < -0.39 is 0 Å². The molecule has 0 radical (unpaired) electrons. The van der Waals surface area contributed by atoms with E-state index in [1.54, 1.807) is 12.2 Å². The number of thiocarbonyl (C=S) groups is 1. The molecule has 3 nitrogen and oxygen atoms in total. The second-order valence-corrected chi connectivity index (χ2v) is 4.07. The Balaban J connectivity index is 2.37. The van der Waals surface area contributed by atoms with Gasteiger partial charge in [0.2, 0.25) is 0 Å². The van der Waals surface area contributed by atoms with Crippen molar-refractivity contribution in [2.24, 2.45) is 5.92 Å². The molecule has 0 aromatic heterocycles. The molecule has 0 aromatic rings. The van der Waals surface area contributed by atoms with Gasteiger partial charge in [0.1, 0.15) is 12.5 Å². The van der Waals surface area contributed by atoms with Crippen LogP contribution in [0.1, 0.15) is 0 Å². The first-order valence-electron chi connectivity index (χ1n) is 4.81. The lowest BCUT2D eigenvalue weighted by molar-refractivity contribution is -0.144. The van der Waals surface area contributed by atoms with Crippen molar-refractivity contribution in [1.29, 1.82) is 0 Å². The lowest BCUT2D eigenvalue weighted by Crippen LogP contribution is -2.26. The van der Waals surface area contributed by atoms with Gasteiger partial charge in [-0.2, -0.15) is 0 Å². The molecule has 0 saturated heterocycles. The van der Waals surface area contributed by atoms with Gasteiger partial charge < -0.3 is 9.64 Å². The normalized spacial score (nSPS) is 19.7. The third-order valence-corrected chi connectivity index (χ3v) is 2.41. The van der Waals surface area contributed by atoms with Gasteiger partial charge in [-0.05, 0) is 20.2 Å². The van der Waals surface area contributed by atoms with Crippen LogP contribution in [-0.2, 0) is 9.53 Å². The van der Waals surface area contributed by atoms with Gasteiger partial charge >= 0.3 is 5.97 Å². The Morgan fingerprint density at radius 3 is 2.87 bits per heavy atom. The molecule has 0 amide bonds. The zero-order valence-corrected chi connectivity index (χ0v) is 9.79. The minimum atomic E-state index is -0.382. The molecule has 15 heavy (non-hydrogen) atoms. The maximum absolute atomic E-state index is 11.6. The van der Waals surface area contributed by atoms with Crippen LogP contribution in [0.3, 0.4) is 0 Å². The second kappa shape index (κ2) is 5.78. The maximum atomic E-state index is 11.6. The van der Waals surface area contributed by atoms with E-state index in [1.165, 1.54) is 0 Å². The molecule has 0 aliphatic heterocycles. The summed E-state index contributed by atoms with van der Waals surface area (Å²) in [7, 11) is 3.86. The Bertz CT molecular complexity index is 308. The van der Waals surface area contributed by atoms with Crippen molar-refractivity contribution in [3.8, 4) is 0 Å². The van der Waals surface area contributed by atoms with Gasteiger partial charge in [0.25, 0.3) is 0 Å². The number of esters is 1. The smallest absolute Gasteiger partial charge is 0.318 e. The fourth-order valence-corrected chi connectivity index (χ4v) is 1.39. The molecule has 4 heteroatoms. The highest BCUT2D eigenvalue weighted by Gasteiger charge is 2.21. The van der Waals surface area contributed by atoms with E-state index in [9.17, 15) is 4.79 Å². The third kappa shape index (κ3) is 3.93. The summed E-state index contributed by atoms with van der Waals surface area (Å²) in [6.45, 7) is 1.13. The summed E-state index contributed by atoms with van der Waals surface area (Å²) in [6, 6.07) is 0. The zero-order valence-electron chi connectivity index (χ0n) is 8.97. The number of nitrogens with zero attached hydrogens (tertiary/aromatic N) is 1. The molecule has 0 bridgehead atoms. The van der Waals surface area contributed by atoms with E-state index in [0.717, 1.165) is 6.54 Å². The van der Waals surface area contributed by atoms with Crippen LogP contribution in [-0.4, -0.2) is 43.0 Å². The molecular weight excluding hydrogens is 210 g/mol. The third-order valence-electron chi connectivity index (χ3n) is 2.02. The number of ether oxygens (including phenoxy) is 1. The summed E-state index contributed by atoms with van der Waals surface area (Å²) in [5.41, 5.74) is 0. The Morgan fingerprint density at radius 1 is 1.53 bits per heavy atom. The molecule has 0 saturated carbocycles. The van der Waals surface area contributed by atoms with Crippen molar-refractivity contribution >= 4 is 23.1 Å². The molecule has 1 atom stereocenters. The van der Waals surface area contributed by atoms with Crippen LogP contribution in [0.25, 0.3) is 0 Å². The molecule has 0 spiro atoms. The Hall–Kier alpha value is -1.00. The fraction of sp³-hybridized carbons (Fsp3) is 0.455. The van der Waals surface area contributed by atoms with Gasteiger partial charge in [-0.15, -0.1) is 0 Å². The Morgan fingerprint density at radius 2 is 2.27 bits per heavy atom. The van der Waals surface area contributed by atoms with Crippen LogP contribution in [0, 0.1) is 5.92 Å². The van der Waals surface area contributed by atoms with Crippen molar-refractivity contribution < 1.29 is 9.53 Å². The molecule has 1 aliphatic rings. The molecule has 0 fully saturated rings. The average Bonchev–Trinajstić information content (AvgIpc) is 2.17. The molecule has 1 rings (SSSR count). The monoisotopic (exact) mass is 225 g/mol. The van der Waals surface area contributed by atoms with Crippen LogP contribution in [0.15, 0.2) is 24.3 Å². The molecule has 1 unspecified atom stereocenters. The van der Waals surface area contributed by atoms with Gasteiger partial charge in [0.05, 0.1) is 0 Å². The first kappa shape index (κ1) is 12.1. The fourth-order valence-electron chi connectivity index (χ4n) is 1.14. The average molecular weight is 225 g/mol. The second-order valence-electron chi connectivity index (χ2n) is 3.59. The van der Waals surface area contributed by atoms with Gasteiger partial charge in [-0.25, -0.2) is 0 Å². The summed E-state index contributed by atoms with van der Waals surface area (Å²) >= 11 is 5.06. The minimum absolute atomic E-state index is 0.262. The van der Waals surface area contributed by atoms with E-state index in [4.69, 9.17) is 17.0 Å². The van der Waals surface area contributed by atoms with Crippen molar-refractivity contribution in [2.75, 3.05) is 27.2 Å². The van der Waals surface area contributed by atoms with E-state index in [2.05, 4.69) is 0 Å². The lowest BCUT2D eigenvalue weighted by atomic mass is 10.0. The van der Waals surface area contributed by atoms with Gasteiger partial charge in [-0.3, -0.25) is 4.79 Å². The molecule has 0 heterocycles. The highest BCUT2D eigenvalue weighted by molar-refractivity contribution is 7.80. The molecule has 1 aliphatic carbocycles. The number of hydrogen-bond acceptors (Lipinski definition) is 4. The minimum Gasteiger partial charge on any atom is -0.464 e. The van der Waals surface area contributed by atoms with E-state index in [1.807, 2.05) is 31.1 Å². The summed E-state index contributed by atoms with van der Waals surface area (Å²) in [5, 5.41) is 0. The highest BCUT2D eigenvalue weighted by atomic mass is 32.1. The van der Waals surface area contributed by atoms with Crippen molar-refractivity contribution in [3.63, 3.8) is 0 Å². The number of rotatable bonds is 4. The summed E-state index contributed by atoms with van der Waals surface area (Å²) < 4.78 is 5.11. The first-order chi connectivity index (χ1) is 7.11. The van der Waals surface area contributed by atoms with Crippen molar-refractivity contribution in [2.45, 2.75) is 0 Å². The van der Waals surface area contributed by atoms with Gasteiger partial charge in [-0.1, -0.05) is 30.4 Å². The molecule has 0 aromatic carbocycles. The summed E-state index contributed by atoms with van der Waals surface area (Å²) in [5.74, 6) is -0.644. The first-order valence-corrected chi connectivity index (χ1v) is 5.22. The van der Waals surface area contributed by atoms with Crippen LogP contribution < -0.4 is 0 Å². The quantitative estimate of drug-likeness (QED) is 0.531. The molecular formula is C11H15NO2S. The number of hydrogen-bond donors (Lipinski definition) is 0. The topological polar surface area (TPSA) is 29.5 Å². The van der Waals surface area contributed by atoms with E-state index in [-0.39, 0.29) is 11.9 Å². The molecule has 0 N–H and O–H groups in total.